The number of benzene rings is 1. The van der Waals surface area contributed by atoms with Crippen LogP contribution >= 0.6 is 0 Å². The molecule has 0 bridgehead atoms. The highest BCUT2D eigenvalue weighted by Gasteiger charge is 2.06. The van der Waals surface area contributed by atoms with E-state index in [0.717, 1.165) is 6.42 Å². The summed E-state index contributed by atoms with van der Waals surface area (Å²) in [5.74, 6) is 0.618. The first-order valence-electron chi connectivity index (χ1n) is 6.60. The zero-order valence-corrected chi connectivity index (χ0v) is 10.7. The van der Waals surface area contributed by atoms with Gasteiger partial charge in [0.25, 0.3) is 0 Å². The lowest BCUT2D eigenvalue weighted by Gasteiger charge is -2.12. The molecule has 0 nitrogen and oxygen atoms in total. The van der Waals surface area contributed by atoms with E-state index in [1.165, 1.54) is 31.2 Å². The third-order valence-corrected chi connectivity index (χ3v) is 2.95. The van der Waals surface area contributed by atoms with Crippen LogP contribution in [0.25, 0.3) is 0 Å². The van der Waals surface area contributed by atoms with Crippen molar-refractivity contribution in [3.8, 4) is 0 Å². The van der Waals surface area contributed by atoms with Gasteiger partial charge in [-0.15, -0.1) is 0 Å². The van der Waals surface area contributed by atoms with E-state index in [0.29, 0.717) is 5.92 Å². The monoisotopic (exact) mass is 216 g/mol. The Bertz CT molecular complexity index is 284. The maximum absolute atomic E-state index is 2.38. The largest absolute Gasteiger partial charge is 0.0882 e. The molecular formula is C16H24. The Labute approximate surface area is 100 Å². The molecule has 1 atom stereocenters. The van der Waals surface area contributed by atoms with Crippen molar-refractivity contribution < 1.29 is 0 Å². The van der Waals surface area contributed by atoms with Crippen molar-refractivity contribution in [1.82, 2.24) is 0 Å². The maximum Gasteiger partial charge on any atom is 0.00179 e. The highest BCUT2D eigenvalue weighted by Crippen LogP contribution is 2.23. The van der Waals surface area contributed by atoms with E-state index >= 15 is 0 Å². The molecule has 0 amide bonds. The summed E-state index contributed by atoms with van der Waals surface area (Å²) in [5.41, 5.74) is 1.46. The molecule has 0 aromatic heterocycles. The number of unbranched alkanes of at least 4 members (excludes halogenated alkanes) is 2. The molecule has 0 saturated heterocycles. The SMILES string of the molecule is CCC=CC(CCCCC)c1ccccc1. The molecule has 0 heterocycles. The highest BCUT2D eigenvalue weighted by molar-refractivity contribution is 5.23. The van der Waals surface area contributed by atoms with Crippen LogP contribution in [0.3, 0.4) is 0 Å². The van der Waals surface area contributed by atoms with Gasteiger partial charge in [0.15, 0.2) is 0 Å². The molecule has 0 N–H and O–H groups in total. The van der Waals surface area contributed by atoms with Crippen molar-refractivity contribution in [3.05, 3.63) is 48.0 Å². The van der Waals surface area contributed by atoms with Crippen LogP contribution in [0.15, 0.2) is 42.5 Å². The van der Waals surface area contributed by atoms with Gasteiger partial charge in [-0.2, -0.15) is 0 Å². The van der Waals surface area contributed by atoms with Crippen LogP contribution in [0, 0.1) is 0 Å². The van der Waals surface area contributed by atoms with E-state index in [-0.39, 0.29) is 0 Å². The van der Waals surface area contributed by atoms with E-state index in [1.807, 2.05) is 0 Å². The van der Waals surface area contributed by atoms with Gasteiger partial charge in [-0.25, -0.2) is 0 Å². The molecule has 88 valence electrons. The Morgan fingerprint density at radius 1 is 1.06 bits per heavy atom. The lowest BCUT2D eigenvalue weighted by Crippen LogP contribution is -1.95. The van der Waals surface area contributed by atoms with Crippen LogP contribution < -0.4 is 0 Å². The maximum atomic E-state index is 2.38. The molecule has 0 fully saturated rings. The van der Waals surface area contributed by atoms with Gasteiger partial charge in [0.1, 0.15) is 0 Å². The predicted octanol–water partition coefficient (Wildman–Crippen LogP) is 5.32. The second kappa shape index (κ2) is 8.15. The molecule has 0 aliphatic heterocycles. The van der Waals surface area contributed by atoms with Gasteiger partial charge in [-0.3, -0.25) is 0 Å². The standard InChI is InChI=1S/C16H24/c1-3-5-8-12-15(11-6-4-2)16-13-9-7-10-14-16/h6-7,9-11,13-15H,3-5,8,12H2,1-2H3. The van der Waals surface area contributed by atoms with Gasteiger partial charge >= 0.3 is 0 Å². The van der Waals surface area contributed by atoms with E-state index in [1.54, 1.807) is 0 Å². The Hall–Kier alpha value is -1.04. The first-order valence-corrected chi connectivity index (χ1v) is 6.60. The van der Waals surface area contributed by atoms with E-state index in [4.69, 9.17) is 0 Å². The van der Waals surface area contributed by atoms with Crippen LogP contribution in [0.5, 0.6) is 0 Å². The Kier molecular flexibility index (Phi) is 6.64. The lowest BCUT2D eigenvalue weighted by atomic mass is 9.92. The molecule has 0 spiro atoms. The van der Waals surface area contributed by atoms with Gasteiger partial charge in [-0.1, -0.05) is 75.6 Å². The Morgan fingerprint density at radius 2 is 1.81 bits per heavy atom. The van der Waals surface area contributed by atoms with Gasteiger partial charge in [0, 0.05) is 5.92 Å². The van der Waals surface area contributed by atoms with Crippen molar-refractivity contribution in [3.63, 3.8) is 0 Å². The molecule has 16 heavy (non-hydrogen) atoms. The fourth-order valence-corrected chi connectivity index (χ4v) is 1.99. The molecule has 0 saturated carbocycles. The second-order valence-electron chi connectivity index (χ2n) is 4.35. The van der Waals surface area contributed by atoms with Crippen LogP contribution in [0.1, 0.15) is 57.4 Å². The molecule has 1 aromatic rings. The fourth-order valence-electron chi connectivity index (χ4n) is 1.99. The summed E-state index contributed by atoms with van der Waals surface area (Å²) in [4.78, 5) is 0. The van der Waals surface area contributed by atoms with Crippen LogP contribution in [-0.2, 0) is 0 Å². The molecule has 0 heteroatoms. The molecule has 0 aliphatic carbocycles. The molecule has 0 aliphatic rings. The number of allylic oxidation sites excluding steroid dienone is 2. The average Bonchev–Trinajstić information content (AvgIpc) is 2.35. The fraction of sp³-hybridized carbons (Fsp3) is 0.500. The summed E-state index contributed by atoms with van der Waals surface area (Å²) < 4.78 is 0. The summed E-state index contributed by atoms with van der Waals surface area (Å²) in [6, 6.07) is 10.9. The smallest absolute Gasteiger partial charge is 0.00179 e. The van der Waals surface area contributed by atoms with E-state index in [2.05, 4.69) is 56.3 Å². The van der Waals surface area contributed by atoms with Crippen molar-refractivity contribution in [2.45, 2.75) is 51.9 Å². The van der Waals surface area contributed by atoms with Gasteiger partial charge in [0.2, 0.25) is 0 Å². The normalized spacial score (nSPS) is 13.1. The summed E-state index contributed by atoms with van der Waals surface area (Å²) >= 11 is 0. The summed E-state index contributed by atoms with van der Waals surface area (Å²) in [5, 5.41) is 0. The van der Waals surface area contributed by atoms with Crippen molar-refractivity contribution in [2.75, 3.05) is 0 Å². The minimum Gasteiger partial charge on any atom is -0.0882 e. The Morgan fingerprint density at radius 3 is 2.44 bits per heavy atom. The van der Waals surface area contributed by atoms with Crippen molar-refractivity contribution in [2.24, 2.45) is 0 Å². The molecule has 1 unspecified atom stereocenters. The highest BCUT2D eigenvalue weighted by atomic mass is 14.1. The first kappa shape index (κ1) is 13.0. The molecule has 0 radical (unpaired) electrons. The minimum absolute atomic E-state index is 0.618. The Balaban J connectivity index is 2.60. The molecule has 1 rings (SSSR count). The van der Waals surface area contributed by atoms with Crippen molar-refractivity contribution >= 4 is 0 Å². The van der Waals surface area contributed by atoms with Crippen molar-refractivity contribution in [1.29, 1.82) is 0 Å². The zero-order valence-electron chi connectivity index (χ0n) is 10.7. The van der Waals surface area contributed by atoms with E-state index < -0.39 is 0 Å². The van der Waals surface area contributed by atoms with Gasteiger partial charge in [0.05, 0.1) is 0 Å². The summed E-state index contributed by atoms with van der Waals surface area (Å²) in [7, 11) is 0. The van der Waals surface area contributed by atoms with E-state index in [9.17, 15) is 0 Å². The topological polar surface area (TPSA) is 0 Å². The minimum atomic E-state index is 0.618. The third kappa shape index (κ3) is 4.65. The second-order valence-corrected chi connectivity index (χ2v) is 4.35. The van der Waals surface area contributed by atoms with Gasteiger partial charge < -0.3 is 0 Å². The number of hydrogen-bond acceptors (Lipinski definition) is 0. The quantitative estimate of drug-likeness (QED) is 0.427. The van der Waals surface area contributed by atoms with Crippen LogP contribution in [-0.4, -0.2) is 0 Å². The molecular weight excluding hydrogens is 192 g/mol. The third-order valence-electron chi connectivity index (χ3n) is 2.95. The zero-order chi connectivity index (χ0) is 11.6. The lowest BCUT2D eigenvalue weighted by molar-refractivity contribution is 0.627. The summed E-state index contributed by atoms with van der Waals surface area (Å²) in [6.45, 7) is 4.46. The number of hydrogen-bond donors (Lipinski definition) is 0. The summed E-state index contributed by atoms with van der Waals surface area (Å²) in [6.07, 6.45) is 11.1. The van der Waals surface area contributed by atoms with Gasteiger partial charge in [-0.05, 0) is 18.4 Å². The number of rotatable bonds is 7. The van der Waals surface area contributed by atoms with Crippen LogP contribution in [0.2, 0.25) is 0 Å². The predicted molar refractivity (Wildman–Crippen MR) is 72.8 cm³/mol. The van der Waals surface area contributed by atoms with Crippen LogP contribution in [0.4, 0.5) is 0 Å². The average molecular weight is 216 g/mol. The first-order chi connectivity index (χ1) is 7.88. The molecule has 1 aromatic carbocycles.